The Morgan fingerprint density at radius 2 is 1.68 bits per heavy atom. The second-order valence-electron chi connectivity index (χ2n) is 7.14. The van der Waals surface area contributed by atoms with E-state index >= 15 is 0 Å². The fourth-order valence-corrected chi connectivity index (χ4v) is 3.89. The number of hydrogen-bond donors (Lipinski definition) is 1. The number of nitrogens with one attached hydrogen (secondary N) is 1. The number of sulfonamides is 1. The second-order valence-corrected chi connectivity index (χ2v) is 9.16. The van der Waals surface area contributed by atoms with Gasteiger partial charge in [-0.25, -0.2) is 8.42 Å². The van der Waals surface area contributed by atoms with Gasteiger partial charge in [0.1, 0.15) is 0 Å². The average Bonchev–Trinajstić information content (AvgIpc) is 2.72. The molecular formula is C21H27N3O3S. The lowest BCUT2D eigenvalue weighted by Gasteiger charge is -2.28. The summed E-state index contributed by atoms with van der Waals surface area (Å²) in [7, 11) is -2.00. The van der Waals surface area contributed by atoms with Crippen molar-refractivity contribution in [2.45, 2.75) is 25.8 Å². The Morgan fingerprint density at radius 3 is 2.32 bits per heavy atom. The van der Waals surface area contributed by atoms with Gasteiger partial charge >= 0.3 is 0 Å². The SMILES string of the molecule is CN(c1ccccc1C(=O)NCc1ccc(N2CCCCC2)cc1)S(C)(=O)=O. The van der Waals surface area contributed by atoms with E-state index in [2.05, 4.69) is 22.3 Å². The molecule has 1 amide bonds. The number of carbonyl (C=O) groups excluding carboxylic acids is 1. The van der Waals surface area contributed by atoms with E-state index in [1.54, 1.807) is 24.3 Å². The number of para-hydroxylation sites is 1. The average molecular weight is 402 g/mol. The number of nitrogens with zero attached hydrogens (tertiary/aromatic N) is 2. The molecule has 0 radical (unpaired) electrons. The quantitative estimate of drug-likeness (QED) is 0.808. The molecule has 1 saturated heterocycles. The molecule has 1 fully saturated rings. The molecule has 6 nitrogen and oxygen atoms in total. The minimum absolute atomic E-state index is 0.300. The highest BCUT2D eigenvalue weighted by molar-refractivity contribution is 7.92. The van der Waals surface area contributed by atoms with Gasteiger partial charge < -0.3 is 10.2 Å². The first-order valence-electron chi connectivity index (χ1n) is 9.51. The van der Waals surface area contributed by atoms with Gasteiger partial charge in [0, 0.05) is 32.4 Å². The lowest BCUT2D eigenvalue weighted by Crippen LogP contribution is -2.30. The number of benzene rings is 2. The maximum atomic E-state index is 12.6. The van der Waals surface area contributed by atoms with Crippen LogP contribution >= 0.6 is 0 Å². The first-order chi connectivity index (χ1) is 13.4. The molecule has 0 aliphatic carbocycles. The minimum atomic E-state index is -3.45. The summed E-state index contributed by atoms with van der Waals surface area (Å²) < 4.78 is 24.8. The van der Waals surface area contributed by atoms with Crippen molar-refractivity contribution in [2.75, 3.05) is 35.6 Å². The standard InChI is InChI=1S/C21H27N3O3S/c1-23(28(2,26)27)20-9-5-4-8-19(20)21(25)22-16-17-10-12-18(13-11-17)24-14-6-3-7-15-24/h4-5,8-13H,3,6-7,14-16H2,1-2H3,(H,22,25). The van der Waals surface area contributed by atoms with Crippen LogP contribution in [0.2, 0.25) is 0 Å². The van der Waals surface area contributed by atoms with Crippen molar-refractivity contribution in [1.29, 1.82) is 0 Å². The van der Waals surface area contributed by atoms with E-state index in [1.165, 1.54) is 32.0 Å². The summed E-state index contributed by atoms with van der Waals surface area (Å²) >= 11 is 0. The molecule has 0 bridgehead atoms. The molecule has 3 rings (SSSR count). The second kappa shape index (κ2) is 8.65. The molecule has 2 aromatic rings. The molecule has 1 aliphatic rings. The zero-order valence-electron chi connectivity index (χ0n) is 16.4. The molecule has 1 aliphatic heterocycles. The van der Waals surface area contributed by atoms with Crippen molar-refractivity contribution in [3.8, 4) is 0 Å². The lowest BCUT2D eigenvalue weighted by molar-refractivity contribution is 0.0951. The first-order valence-corrected chi connectivity index (χ1v) is 11.4. The normalized spacial score (nSPS) is 14.6. The van der Waals surface area contributed by atoms with Crippen LogP contribution in [0.15, 0.2) is 48.5 Å². The number of piperidine rings is 1. The van der Waals surface area contributed by atoms with E-state index in [0.717, 1.165) is 29.2 Å². The highest BCUT2D eigenvalue weighted by atomic mass is 32.2. The molecular weight excluding hydrogens is 374 g/mol. The molecule has 1 N–H and O–H groups in total. The third kappa shape index (κ3) is 4.84. The molecule has 0 spiro atoms. The Hall–Kier alpha value is -2.54. The van der Waals surface area contributed by atoms with Gasteiger partial charge in [0.05, 0.1) is 17.5 Å². The molecule has 0 atom stereocenters. The summed E-state index contributed by atoms with van der Waals surface area (Å²) in [5, 5.41) is 2.89. The molecule has 2 aromatic carbocycles. The number of carbonyl (C=O) groups is 1. The highest BCUT2D eigenvalue weighted by Crippen LogP contribution is 2.22. The molecule has 1 heterocycles. The zero-order chi connectivity index (χ0) is 20.1. The summed E-state index contributed by atoms with van der Waals surface area (Å²) in [4.78, 5) is 15.0. The predicted octanol–water partition coefficient (Wildman–Crippen LogP) is 3.00. The van der Waals surface area contributed by atoms with Crippen LogP contribution in [0.3, 0.4) is 0 Å². The van der Waals surface area contributed by atoms with Crippen molar-refractivity contribution in [3.63, 3.8) is 0 Å². The van der Waals surface area contributed by atoms with Gasteiger partial charge in [0.25, 0.3) is 5.91 Å². The monoisotopic (exact) mass is 401 g/mol. The number of rotatable bonds is 6. The largest absolute Gasteiger partial charge is 0.372 e. The van der Waals surface area contributed by atoms with Crippen molar-refractivity contribution in [1.82, 2.24) is 5.32 Å². The van der Waals surface area contributed by atoms with Crippen molar-refractivity contribution in [2.24, 2.45) is 0 Å². The van der Waals surface area contributed by atoms with E-state index in [0.29, 0.717) is 17.8 Å². The number of amides is 1. The topological polar surface area (TPSA) is 69.7 Å². The van der Waals surface area contributed by atoms with Crippen molar-refractivity contribution < 1.29 is 13.2 Å². The highest BCUT2D eigenvalue weighted by Gasteiger charge is 2.19. The van der Waals surface area contributed by atoms with Crippen LogP contribution in [0, 0.1) is 0 Å². The molecule has 0 aromatic heterocycles. The fraction of sp³-hybridized carbons (Fsp3) is 0.381. The minimum Gasteiger partial charge on any atom is -0.372 e. The molecule has 150 valence electrons. The summed E-state index contributed by atoms with van der Waals surface area (Å²) in [6.07, 6.45) is 4.89. The fourth-order valence-electron chi connectivity index (χ4n) is 3.37. The van der Waals surface area contributed by atoms with E-state index in [-0.39, 0.29) is 5.91 Å². The summed E-state index contributed by atoms with van der Waals surface area (Å²) in [6, 6.07) is 14.9. The lowest BCUT2D eigenvalue weighted by atomic mass is 10.1. The van der Waals surface area contributed by atoms with Crippen molar-refractivity contribution >= 4 is 27.3 Å². The van der Waals surface area contributed by atoms with Crippen LogP contribution < -0.4 is 14.5 Å². The Balaban J connectivity index is 1.66. The van der Waals surface area contributed by atoms with Gasteiger partial charge in [-0.05, 0) is 49.1 Å². The van der Waals surface area contributed by atoms with Crippen LogP contribution in [0.5, 0.6) is 0 Å². The maximum absolute atomic E-state index is 12.6. The van der Waals surface area contributed by atoms with E-state index in [9.17, 15) is 13.2 Å². The van der Waals surface area contributed by atoms with Crippen LogP contribution in [0.1, 0.15) is 35.2 Å². The molecule has 0 unspecified atom stereocenters. The van der Waals surface area contributed by atoms with Crippen LogP contribution in [-0.2, 0) is 16.6 Å². The number of hydrogen-bond acceptors (Lipinski definition) is 4. The van der Waals surface area contributed by atoms with Crippen molar-refractivity contribution in [3.05, 3.63) is 59.7 Å². The molecule has 0 saturated carbocycles. The summed E-state index contributed by atoms with van der Waals surface area (Å²) in [5.74, 6) is -0.300. The third-order valence-corrected chi connectivity index (χ3v) is 6.29. The summed E-state index contributed by atoms with van der Waals surface area (Å²) in [6.45, 7) is 2.58. The first kappa shape index (κ1) is 20.2. The van der Waals surface area contributed by atoms with Gasteiger partial charge in [-0.15, -0.1) is 0 Å². The Kier molecular flexibility index (Phi) is 6.24. The predicted molar refractivity (Wildman–Crippen MR) is 113 cm³/mol. The van der Waals surface area contributed by atoms with Gasteiger partial charge in [-0.1, -0.05) is 24.3 Å². The molecule has 28 heavy (non-hydrogen) atoms. The Bertz CT molecular complexity index is 920. The Morgan fingerprint density at radius 1 is 1.04 bits per heavy atom. The smallest absolute Gasteiger partial charge is 0.253 e. The van der Waals surface area contributed by atoms with E-state index in [4.69, 9.17) is 0 Å². The van der Waals surface area contributed by atoms with Gasteiger partial charge in [-0.3, -0.25) is 9.10 Å². The number of anilines is 2. The van der Waals surface area contributed by atoms with Gasteiger partial charge in [0.15, 0.2) is 0 Å². The zero-order valence-corrected chi connectivity index (χ0v) is 17.2. The summed E-state index contributed by atoms with van der Waals surface area (Å²) in [5.41, 5.74) is 2.92. The van der Waals surface area contributed by atoms with Crippen LogP contribution in [-0.4, -0.2) is 40.7 Å². The van der Waals surface area contributed by atoms with Gasteiger partial charge in [-0.2, -0.15) is 0 Å². The Labute approximate surface area is 167 Å². The maximum Gasteiger partial charge on any atom is 0.253 e. The van der Waals surface area contributed by atoms with Crippen LogP contribution in [0.4, 0.5) is 11.4 Å². The third-order valence-electron chi connectivity index (χ3n) is 5.10. The van der Waals surface area contributed by atoms with E-state index in [1.807, 2.05) is 12.1 Å². The van der Waals surface area contributed by atoms with E-state index < -0.39 is 10.0 Å². The molecule has 7 heteroatoms. The van der Waals surface area contributed by atoms with Crippen LogP contribution in [0.25, 0.3) is 0 Å². The van der Waals surface area contributed by atoms with Gasteiger partial charge in [0.2, 0.25) is 10.0 Å².